The third-order valence-electron chi connectivity index (χ3n) is 5.03. The van der Waals surface area contributed by atoms with Crippen LogP contribution in [0.25, 0.3) is 22.6 Å². The molecule has 0 spiro atoms. The van der Waals surface area contributed by atoms with E-state index in [1.54, 1.807) is 6.33 Å². The van der Waals surface area contributed by atoms with Crippen molar-refractivity contribution < 1.29 is 0 Å². The summed E-state index contributed by atoms with van der Waals surface area (Å²) in [5.41, 5.74) is 5.91. The predicted octanol–water partition coefficient (Wildman–Crippen LogP) is 4.04. The zero-order valence-corrected chi connectivity index (χ0v) is 16.9. The van der Waals surface area contributed by atoms with E-state index in [1.165, 1.54) is 5.56 Å². The van der Waals surface area contributed by atoms with Crippen molar-refractivity contribution in [3.05, 3.63) is 53.6 Å². The molecule has 0 saturated carbocycles. The van der Waals surface area contributed by atoms with Crippen LogP contribution in [-0.2, 0) is 13.6 Å². The number of hydrogen-bond donors (Lipinski definition) is 1. The SMILES string of the molecule is Cc1nn(C)c(C)c1-c1nc2c(NCc3ccccc3)ncnc2n1C(C)C. The molecule has 4 aromatic rings. The molecule has 1 aromatic carbocycles. The number of nitrogens with zero attached hydrogens (tertiary/aromatic N) is 6. The van der Waals surface area contributed by atoms with Crippen LogP contribution in [0.4, 0.5) is 5.82 Å². The molecular formula is C21H25N7. The lowest BCUT2D eigenvalue weighted by Gasteiger charge is -2.12. The molecule has 0 fully saturated rings. The zero-order valence-electron chi connectivity index (χ0n) is 16.9. The lowest BCUT2D eigenvalue weighted by Crippen LogP contribution is -2.06. The van der Waals surface area contributed by atoms with E-state index < -0.39 is 0 Å². The molecule has 0 aliphatic rings. The molecule has 4 rings (SSSR count). The van der Waals surface area contributed by atoms with Gasteiger partial charge >= 0.3 is 0 Å². The summed E-state index contributed by atoms with van der Waals surface area (Å²) >= 11 is 0. The molecule has 3 heterocycles. The molecule has 7 heteroatoms. The maximum absolute atomic E-state index is 4.97. The van der Waals surface area contributed by atoms with Crippen LogP contribution in [0, 0.1) is 13.8 Å². The van der Waals surface area contributed by atoms with Gasteiger partial charge < -0.3 is 9.88 Å². The van der Waals surface area contributed by atoms with Crippen molar-refractivity contribution in [2.75, 3.05) is 5.32 Å². The smallest absolute Gasteiger partial charge is 0.166 e. The normalized spacial score (nSPS) is 11.5. The van der Waals surface area contributed by atoms with Gasteiger partial charge in [0.1, 0.15) is 12.2 Å². The van der Waals surface area contributed by atoms with Gasteiger partial charge in [0.25, 0.3) is 0 Å². The number of fused-ring (bicyclic) bond motifs is 1. The van der Waals surface area contributed by atoms with E-state index in [4.69, 9.17) is 4.98 Å². The fraction of sp³-hybridized carbons (Fsp3) is 0.333. The number of hydrogen-bond acceptors (Lipinski definition) is 5. The summed E-state index contributed by atoms with van der Waals surface area (Å²) in [7, 11) is 1.96. The largest absolute Gasteiger partial charge is 0.364 e. The third kappa shape index (κ3) is 3.02. The molecule has 28 heavy (non-hydrogen) atoms. The van der Waals surface area contributed by atoms with E-state index >= 15 is 0 Å². The van der Waals surface area contributed by atoms with Crippen LogP contribution in [0.1, 0.15) is 36.8 Å². The van der Waals surface area contributed by atoms with E-state index in [-0.39, 0.29) is 6.04 Å². The summed E-state index contributed by atoms with van der Waals surface area (Å²) in [4.78, 5) is 14.0. The average molecular weight is 375 g/mol. The topological polar surface area (TPSA) is 73.5 Å². The Morgan fingerprint density at radius 3 is 2.46 bits per heavy atom. The van der Waals surface area contributed by atoms with Gasteiger partial charge in [-0.2, -0.15) is 5.10 Å². The monoisotopic (exact) mass is 375 g/mol. The Balaban J connectivity index is 1.84. The second kappa shape index (κ2) is 7.07. The molecule has 7 nitrogen and oxygen atoms in total. The van der Waals surface area contributed by atoms with Crippen molar-refractivity contribution in [2.45, 2.75) is 40.3 Å². The van der Waals surface area contributed by atoms with Crippen LogP contribution in [0.2, 0.25) is 0 Å². The van der Waals surface area contributed by atoms with Crippen molar-refractivity contribution in [1.82, 2.24) is 29.3 Å². The quantitative estimate of drug-likeness (QED) is 0.570. The molecule has 1 N–H and O–H groups in total. The van der Waals surface area contributed by atoms with Crippen molar-refractivity contribution in [2.24, 2.45) is 7.05 Å². The molecule has 0 radical (unpaired) electrons. The van der Waals surface area contributed by atoms with Crippen LogP contribution in [0.3, 0.4) is 0 Å². The van der Waals surface area contributed by atoms with Gasteiger partial charge in [0, 0.05) is 25.3 Å². The molecule has 0 amide bonds. The van der Waals surface area contributed by atoms with E-state index in [0.717, 1.165) is 39.8 Å². The van der Waals surface area contributed by atoms with Gasteiger partial charge in [-0.1, -0.05) is 30.3 Å². The van der Waals surface area contributed by atoms with Crippen LogP contribution >= 0.6 is 0 Å². The fourth-order valence-corrected chi connectivity index (χ4v) is 3.58. The molecule has 0 bridgehead atoms. The van der Waals surface area contributed by atoms with Crippen molar-refractivity contribution in [3.63, 3.8) is 0 Å². The highest BCUT2D eigenvalue weighted by Crippen LogP contribution is 2.33. The minimum atomic E-state index is 0.205. The van der Waals surface area contributed by atoms with Gasteiger partial charge in [-0.15, -0.1) is 0 Å². The number of imidazole rings is 1. The van der Waals surface area contributed by atoms with Crippen LogP contribution in [0.5, 0.6) is 0 Å². The summed E-state index contributed by atoms with van der Waals surface area (Å²) in [6, 6.07) is 10.5. The zero-order chi connectivity index (χ0) is 19.8. The number of aryl methyl sites for hydroxylation is 2. The molecule has 0 aliphatic carbocycles. The number of benzene rings is 1. The maximum Gasteiger partial charge on any atom is 0.166 e. The molecular weight excluding hydrogens is 350 g/mol. The predicted molar refractivity (Wildman–Crippen MR) is 111 cm³/mol. The highest BCUT2D eigenvalue weighted by Gasteiger charge is 2.23. The first-order chi connectivity index (χ1) is 13.5. The molecule has 0 atom stereocenters. The lowest BCUT2D eigenvalue weighted by atomic mass is 10.2. The highest BCUT2D eigenvalue weighted by atomic mass is 15.3. The Morgan fingerprint density at radius 2 is 1.82 bits per heavy atom. The van der Waals surface area contributed by atoms with Crippen molar-refractivity contribution >= 4 is 17.0 Å². The fourth-order valence-electron chi connectivity index (χ4n) is 3.58. The van der Waals surface area contributed by atoms with E-state index in [2.05, 4.69) is 57.9 Å². The average Bonchev–Trinajstić information content (AvgIpc) is 3.17. The van der Waals surface area contributed by atoms with Gasteiger partial charge in [-0.05, 0) is 33.3 Å². The minimum absolute atomic E-state index is 0.205. The molecule has 0 unspecified atom stereocenters. The van der Waals surface area contributed by atoms with E-state index in [9.17, 15) is 0 Å². The van der Waals surface area contributed by atoms with Gasteiger partial charge in [-0.25, -0.2) is 15.0 Å². The minimum Gasteiger partial charge on any atom is -0.364 e. The first-order valence-corrected chi connectivity index (χ1v) is 9.48. The van der Waals surface area contributed by atoms with Crippen molar-refractivity contribution in [1.29, 1.82) is 0 Å². The summed E-state index contributed by atoms with van der Waals surface area (Å²) in [6.45, 7) is 9.06. The van der Waals surface area contributed by atoms with Gasteiger partial charge in [0.15, 0.2) is 17.0 Å². The summed E-state index contributed by atoms with van der Waals surface area (Å²) in [5, 5.41) is 7.99. The first-order valence-electron chi connectivity index (χ1n) is 9.48. The Bertz CT molecular complexity index is 1120. The Labute approximate surface area is 164 Å². The molecule has 0 saturated heterocycles. The lowest BCUT2D eigenvalue weighted by molar-refractivity contribution is 0.619. The molecule has 144 valence electrons. The number of rotatable bonds is 5. The van der Waals surface area contributed by atoms with E-state index in [0.29, 0.717) is 6.54 Å². The number of nitrogens with one attached hydrogen (secondary N) is 1. The standard InChI is InChI=1S/C21H25N7/c1-13(2)28-20(17-14(3)26-27(5)15(17)4)25-18-19(23-12-24-21(18)28)22-11-16-9-7-6-8-10-16/h6-10,12-13H,11H2,1-5H3,(H,22,23,24). The van der Waals surface area contributed by atoms with Crippen molar-refractivity contribution in [3.8, 4) is 11.4 Å². The summed E-state index contributed by atoms with van der Waals surface area (Å²) in [6.07, 6.45) is 1.60. The number of aromatic nitrogens is 6. The van der Waals surface area contributed by atoms with Gasteiger partial charge in [0.05, 0.1) is 11.3 Å². The first kappa shape index (κ1) is 18.2. The molecule has 3 aromatic heterocycles. The summed E-state index contributed by atoms with van der Waals surface area (Å²) < 4.78 is 4.07. The summed E-state index contributed by atoms with van der Waals surface area (Å²) in [5.74, 6) is 1.63. The Morgan fingerprint density at radius 1 is 1.07 bits per heavy atom. The Kier molecular flexibility index (Phi) is 4.58. The highest BCUT2D eigenvalue weighted by molar-refractivity contribution is 5.87. The van der Waals surface area contributed by atoms with Gasteiger partial charge in [0.2, 0.25) is 0 Å². The maximum atomic E-state index is 4.97. The number of anilines is 1. The van der Waals surface area contributed by atoms with Crippen LogP contribution in [0.15, 0.2) is 36.7 Å². The third-order valence-corrected chi connectivity index (χ3v) is 5.03. The van der Waals surface area contributed by atoms with Crippen LogP contribution < -0.4 is 5.32 Å². The Hall–Kier alpha value is -3.22. The molecule has 0 aliphatic heterocycles. The second-order valence-electron chi connectivity index (χ2n) is 7.30. The van der Waals surface area contributed by atoms with Gasteiger partial charge in [-0.3, -0.25) is 4.68 Å². The second-order valence-corrected chi connectivity index (χ2v) is 7.30. The van der Waals surface area contributed by atoms with Crippen LogP contribution in [-0.4, -0.2) is 29.3 Å². The van der Waals surface area contributed by atoms with E-state index in [1.807, 2.05) is 36.9 Å².